The third-order valence-corrected chi connectivity index (χ3v) is 1.79. The topological polar surface area (TPSA) is 26.3 Å². The number of carbonyl (C=O) groups excluding carboxylic acids is 1. The van der Waals surface area contributed by atoms with Crippen molar-refractivity contribution < 1.29 is 9.53 Å². The Bertz CT molecular complexity index is 161. The standard InChI is InChI=1S/C8H12O2/c1-6-3-4-7(2)10-8(6)5-9/h4-6,8H,3H2,1-2H3. The molecule has 0 aromatic carbocycles. The summed E-state index contributed by atoms with van der Waals surface area (Å²) in [6.45, 7) is 3.89. The molecule has 56 valence electrons. The van der Waals surface area contributed by atoms with Crippen LogP contribution in [0.3, 0.4) is 0 Å². The Labute approximate surface area is 60.9 Å². The Kier molecular flexibility index (Phi) is 2.10. The number of rotatable bonds is 1. The monoisotopic (exact) mass is 140 g/mol. The second-order valence-electron chi connectivity index (χ2n) is 2.75. The van der Waals surface area contributed by atoms with Crippen molar-refractivity contribution in [3.05, 3.63) is 11.8 Å². The SMILES string of the molecule is CC1=CCC(C)C(C=O)O1. The minimum absolute atomic E-state index is 0.218. The van der Waals surface area contributed by atoms with Crippen molar-refractivity contribution >= 4 is 6.29 Å². The van der Waals surface area contributed by atoms with Crippen LogP contribution in [0.2, 0.25) is 0 Å². The van der Waals surface area contributed by atoms with E-state index in [2.05, 4.69) is 0 Å². The van der Waals surface area contributed by atoms with Gasteiger partial charge in [0, 0.05) is 5.92 Å². The smallest absolute Gasteiger partial charge is 0.160 e. The third-order valence-electron chi connectivity index (χ3n) is 1.79. The summed E-state index contributed by atoms with van der Waals surface area (Å²) < 4.78 is 5.24. The highest BCUT2D eigenvalue weighted by Gasteiger charge is 2.20. The highest BCUT2D eigenvalue weighted by atomic mass is 16.5. The maximum Gasteiger partial charge on any atom is 0.160 e. The van der Waals surface area contributed by atoms with Crippen LogP contribution < -0.4 is 0 Å². The van der Waals surface area contributed by atoms with Crippen LogP contribution >= 0.6 is 0 Å². The normalized spacial score (nSPS) is 32.4. The first-order chi connectivity index (χ1) is 4.74. The average molecular weight is 140 g/mol. The van der Waals surface area contributed by atoms with Crippen LogP contribution in [0.5, 0.6) is 0 Å². The largest absolute Gasteiger partial charge is 0.488 e. The van der Waals surface area contributed by atoms with Gasteiger partial charge in [0.1, 0.15) is 0 Å². The molecule has 2 heteroatoms. The van der Waals surface area contributed by atoms with Gasteiger partial charge < -0.3 is 4.74 Å². The average Bonchev–Trinajstić information content (AvgIpc) is 1.94. The summed E-state index contributed by atoms with van der Waals surface area (Å²) in [5, 5.41) is 0. The van der Waals surface area contributed by atoms with Gasteiger partial charge >= 0.3 is 0 Å². The lowest BCUT2D eigenvalue weighted by Crippen LogP contribution is -2.25. The minimum Gasteiger partial charge on any atom is -0.488 e. The van der Waals surface area contributed by atoms with E-state index in [-0.39, 0.29) is 6.10 Å². The van der Waals surface area contributed by atoms with Crippen LogP contribution in [0.25, 0.3) is 0 Å². The summed E-state index contributed by atoms with van der Waals surface area (Å²) in [4.78, 5) is 10.4. The van der Waals surface area contributed by atoms with Gasteiger partial charge in [0.15, 0.2) is 12.4 Å². The molecule has 0 saturated carbocycles. The molecule has 2 unspecified atom stereocenters. The maximum atomic E-state index is 10.4. The first-order valence-electron chi connectivity index (χ1n) is 3.52. The predicted octanol–water partition coefficient (Wildman–Crippen LogP) is 1.51. The number of allylic oxidation sites excluding steroid dienone is 2. The van der Waals surface area contributed by atoms with E-state index in [4.69, 9.17) is 4.74 Å². The minimum atomic E-state index is -0.218. The van der Waals surface area contributed by atoms with Gasteiger partial charge in [-0.3, -0.25) is 4.79 Å². The molecule has 2 nitrogen and oxygen atoms in total. The molecule has 0 spiro atoms. The van der Waals surface area contributed by atoms with E-state index >= 15 is 0 Å². The Hall–Kier alpha value is -0.790. The van der Waals surface area contributed by atoms with Gasteiger partial charge in [-0.15, -0.1) is 0 Å². The molecule has 0 N–H and O–H groups in total. The zero-order chi connectivity index (χ0) is 7.56. The summed E-state index contributed by atoms with van der Waals surface area (Å²) in [6, 6.07) is 0. The molecule has 0 saturated heterocycles. The summed E-state index contributed by atoms with van der Waals surface area (Å²) in [6.07, 6.45) is 3.63. The molecule has 0 radical (unpaired) electrons. The van der Waals surface area contributed by atoms with Crippen LogP contribution in [-0.4, -0.2) is 12.4 Å². The Morgan fingerprint density at radius 2 is 2.50 bits per heavy atom. The lowest BCUT2D eigenvalue weighted by molar-refractivity contribution is -0.118. The van der Waals surface area contributed by atoms with Crippen LogP contribution in [0.1, 0.15) is 20.3 Å². The molecule has 1 rings (SSSR count). The highest BCUT2D eigenvalue weighted by molar-refractivity contribution is 5.57. The fourth-order valence-electron chi connectivity index (χ4n) is 1.03. The van der Waals surface area contributed by atoms with E-state index in [1.165, 1.54) is 0 Å². The molecule has 10 heavy (non-hydrogen) atoms. The lowest BCUT2D eigenvalue weighted by atomic mass is 9.99. The van der Waals surface area contributed by atoms with Crippen molar-refractivity contribution in [1.82, 2.24) is 0 Å². The molecule has 0 fully saturated rings. The van der Waals surface area contributed by atoms with E-state index in [0.29, 0.717) is 5.92 Å². The molecule has 1 aliphatic heterocycles. The molecule has 0 bridgehead atoms. The van der Waals surface area contributed by atoms with E-state index < -0.39 is 0 Å². The van der Waals surface area contributed by atoms with E-state index in [9.17, 15) is 4.79 Å². The second-order valence-corrected chi connectivity index (χ2v) is 2.75. The van der Waals surface area contributed by atoms with Crippen molar-refractivity contribution in [3.8, 4) is 0 Å². The van der Waals surface area contributed by atoms with Gasteiger partial charge in [0.05, 0.1) is 5.76 Å². The van der Waals surface area contributed by atoms with Gasteiger partial charge in [-0.05, 0) is 19.4 Å². The number of aldehydes is 1. The van der Waals surface area contributed by atoms with Gasteiger partial charge in [0.2, 0.25) is 0 Å². The van der Waals surface area contributed by atoms with Crippen molar-refractivity contribution in [2.45, 2.75) is 26.4 Å². The van der Waals surface area contributed by atoms with E-state index in [1.54, 1.807) is 0 Å². The van der Waals surface area contributed by atoms with E-state index in [1.807, 2.05) is 19.9 Å². The summed E-state index contributed by atoms with van der Waals surface area (Å²) in [7, 11) is 0. The highest BCUT2D eigenvalue weighted by Crippen LogP contribution is 2.20. The summed E-state index contributed by atoms with van der Waals surface area (Å²) in [5.41, 5.74) is 0. The van der Waals surface area contributed by atoms with Crippen molar-refractivity contribution in [3.63, 3.8) is 0 Å². The molecule has 1 aliphatic rings. The summed E-state index contributed by atoms with van der Waals surface area (Å²) >= 11 is 0. The van der Waals surface area contributed by atoms with E-state index in [0.717, 1.165) is 18.5 Å². The Balaban J connectivity index is 2.61. The molecule has 0 amide bonds. The predicted molar refractivity (Wildman–Crippen MR) is 38.5 cm³/mol. The number of hydrogen-bond acceptors (Lipinski definition) is 2. The van der Waals surface area contributed by atoms with Gasteiger partial charge in [-0.25, -0.2) is 0 Å². The molecule has 1 heterocycles. The van der Waals surface area contributed by atoms with Crippen LogP contribution in [0.15, 0.2) is 11.8 Å². The summed E-state index contributed by atoms with van der Waals surface area (Å²) in [5.74, 6) is 1.20. The number of carbonyl (C=O) groups is 1. The molecule has 0 aromatic rings. The molecule has 0 aliphatic carbocycles. The second kappa shape index (κ2) is 2.86. The Morgan fingerprint density at radius 3 is 3.00 bits per heavy atom. The van der Waals surface area contributed by atoms with Gasteiger partial charge in [-0.2, -0.15) is 0 Å². The fraction of sp³-hybridized carbons (Fsp3) is 0.625. The van der Waals surface area contributed by atoms with Crippen LogP contribution in [-0.2, 0) is 9.53 Å². The molecule has 0 aromatic heterocycles. The molecular weight excluding hydrogens is 128 g/mol. The van der Waals surface area contributed by atoms with Crippen molar-refractivity contribution in [2.75, 3.05) is 0 Å². The molecular formula is C8H12O2. The quantitative estimate of drug-likeness (QED) is 0.516. The van der Waals surface area contributed by atoms with Crippen molar-refractivity contribution in [1.29, 1.82) is 0 Å². The van der Waals surface area contributed by atoms with Gasteiger partial charge in [-0.1, -0.05) is 6.92 Å². The Morgan fingerprint density at radius 1 is 1.80 bits per heavy atom. The lowest BCUT2D eigenvalue weighted by Gasteiger charge is -2.24. The third kappa shape index (κ3) is 1.38. The van der Waals surface area contributed by atoms with Crippen LogP contribution in [0.4, 0.5) is 0 Å². The number of hydrogen-bond donors (Lipinski definition) is 0. The zero-order valence-electron chi connectivity index (χ0n) is 6.33. The zero-order valence-corrected chi connectivity index (χ0v) is 6.33. The van der Waals surface area contributed by atoms with Gasteiger partial charge in [0.25, 0.3) is 0 Å². The van der Waals surface area contributed by atoms with Crippen LogP contribution in [0, 0.1) is 5.92 Å². The molecule has 2 atom stereocenters. The first-order valence-corrected chi connectivity index (χ1v) is 3.52. The first kappa shape index (κ1) is 7.32. The fourth-order valence-corrected chi connectivity index (χ4v) is 1.03. The maximum absolute atomic E-state index is 10.4. The number of ether oxygens (including phenoxy) is 1. The van der Waals surface area contributed by atoms with Crippen molar-refractivity contribution in [2.24, 2.45) is 5.92 Å².